The van der Waals surface area contributed by atoms with Gasteiger partial charge < -0.3 is 14.5 Å². The summed E-state index contributed by atoms with van der Waals surface area (Å²) in [5.74, 6) is 0.881. The first kappa shape index (κ1) is 30.5. The molecule has 10 aromatic rings. The highest BCUT2D eigenvalue weighted by Gasteiger charge is 2.45. The van der Waals surface area contributed by atoms with E-state index in [1.54, 1.807) is 0 Å². The Morgan fingerprint density at radius 2 is 1.07 bits per heavy atom. The largest absolute Gasteiger partial charge is 0.339 e. The van der Waals surface area contributed by atoms with Crippen molar-refractivity contribution in [3.63, 3.8) is 0 Å². The molecule has 0 radical (unpaired) electrons. The number of amidine groups is 1. The zero-order valence-corrected chi connectivity index (χ0v) is 30.6. The monoisotopic (exact) mass is 704 g/mol. The number of rotatable bonds is 3. The Morgan fingerprint density at radius 1 is 0.509 bits per heavy atom. The lowest BCUT2D eigenvalue weighted by molar-refractivity contribution is 0.511. The number of nitrogens with zero attached hydrogens (tertiary/aromatic N) is 3. The Morgan fingerprint density at radius 3 is 1.78 bits per heavy atom. The number of hydrogen-bond donors (Lipinski definition) is 1. The van der Waals surface area contributed by atoms with Crippen LogP contribution in [0.15, 0.2) is 180 Å². The van der Waals surface area contributed by atoms with Crippen molar-refractivity contribution in [1.82, 2.24) is 14.5 Å². The molecule has 0 saturated heterocycles. The van der Waals surface area contributed by atoms with Crippen molar-refractivity contribution in [2.45, 2.75) is 25.4 Å². The molecule has 0 saturated carbocycles. The Kier molecular flexibility index (Phi) is 6.14. The minimum atomic E-state index is -0.294. The highest BCUT2D eigenvalue weighted by Crippen LogP contribution is 2.53. The van der Waals surface area contributed by atoms with Crippen molar-refractivity contribution >= 4 is 76.7 Å². The second-order valence-electron chi connectivity index (χ2n) is 15.7. The van der Waals surface area contributed by atoms with Crippen molar-refractivity contribution in [2.75, 3.05) is 0 Å². The van der Waals surface area contributed by atoms with Crippen molar-refractivity contribution in [2.24, 2.45) is 4.99 Å². The van der Waals surface area contributed by atoms with E-state index in [0.29, 0.717) is 0 Å². The summed E-state index contributed by atoms with van der Waals surface area (Å²) in [6.45, 7) is 4.74. The SMILES string of the molecule is CC1(C)C2=C(NC(c3ccc4c(c3)c3ccccc3n4-c3ccccc3)=NC2n2c3cc4ccccc4cc3c3cc4ccccc4cc32)c2ccccc21. The summed E-state index contributed by atoms with van der Waals surface area (Å²) >= 11 is 0. The summed E-state index contributed by atoms with van der Waals surface area (Å²) in [5.41, 5.74) is 11.7. The second-order valence-corrected chi connectivity index (χ2v) is 15.7. The Hall–Kier alpha value is -6.91. The van der Waals surface area contributed by atoms with Gasteiger partial charge in [-0.25, -0.2) is 4.99 Å². The van der Waals surface area contributed by atoms with Crippen molar-refractivity contribution in [3.05, 3.63) is 192 Å². The summed E-state index contributed by atoms with van der Waals surface area (Å²) in [6, 6.07) is 62.1. The van der Waals surface area contributed by atoms with Crippen LogP contribution in [0.25, 0.3) is 76.5 Å². The molecule has 1 unspecified atom stereocenters. The van der Waals surface area contributed by atoms with E-state index in [0.717, 1.165) is 17.1 Å². The molecule has 2 aromatic heterocycles. The molecule has 4 nitrogen and oxygen atoms in total. The summed E-state index contributed by atoms with van der Waals surface area (Å²) in [6.07, 6.45) is -0.294. The maximum atomic E-state index is 5.83. The molecule has 260 valence electrons. The fourth-order valence-corrected chi connectivity index (χ4v) is 9.76. The molecule has 1 atom stereocenters. The van der Waals surface area contributed by atoms with Gasteiger partial charge in [-0.3, -0.25) is 0 Å². The summed E-state index contributed by atoms with van der Waals surface area (Å²) in [4.78, 5) is 5.83. The van der Waals surface area contributed by atoms with Gasteiger partial charge in [0, 0.05) is 49.3 Å². The molecule has 12 rings (SSSR count). The molecule has 2 aliphatic rings. The highest BCUT2D eigenvalue weighted by atomic mass is 15.2. The average molecular weight is 705 g/mol. The van der Waals surface area contributed by atoms with Gasteiger partial charge in [0.05, 0.1) is 27.8 Å². The number of hydrogen-bond acceptors (Lipinski definition) is 2. The molecule has 3 heterocycles. The van der Waals surface area contributed by atoms with Crippen LogP contribution in [-0.2, 0) is 5.41 Å². The molecule has 1 N–H and O–H groups in total. The van der Waals surface area contributed by atoms with Crippen LogP contribution >= 0.6 is 0 Å². The lowest BCUT2D eigenvalue weighted by Gasteiger charge is -2.34. The second kappa shape index (κ2) is 11.1. The Balaban J connectivity index is 1.16. The van der Waals surface area contributed by atoms with Crippen molar-refractivity contribution in [1.29, 1.82) is 0 Å². The van der Waals surface area contributed by atoms with Crippen LogP contribution in [0.2, 0.25) is 0 Å². The van der Waals surface area contributed by atoms with Crippen LogP contribution in [-0.4, -0.2) is 15.0 Å². The van der Waals surface area contributed by atoms with E-state index in [1.165, 1.54) is 87.6 Å². The van der Waals surface area contributed by atoms with Crippen LogP contribution in [0.4, 0.5) is 0 Å². The molecule has 0 amide bonds. The minimum Gasteiger partial charge on any atom is -0.339 e. The zero-order valence-electron chi connectivity index (χ0n) is 30.6. The van der Waals surface area contributed by atoms with E-state index in [1.807, 2.05) is 0 Å². The van der Waals surface area contributed by atoms with Gasteiger partial charge in [-0.1, -0.05) is 123 Å². The van der Waals surface area contributed by atoms with Gasteiger partial charge in [0.2, 0.25) is 0 Å². The van der Waals surface area contributed by atoms with Crippen LogP contribution in [0.5, 0.6) is 0 Å². The van der Waals surface area contributed by atoms with Crippen LogP contribution in [0.3, 0.4) is 0 Å². The predicted molar refractivity (Wildman–Crippen MR) is 230 cm³/mol. The van der Waals surface area contributed by atoms with Crippen molar-refractivity contribution in [3.8, 4) is 5.69 Å². The lowest BCUT2D eigenvalue weighted by atomic mass is 9.79. The molecular formula is C51H36N4. The van der Waals surface area contributed by atoms with Crippen LogP contribution < -0.4 is 5.32 Å². The first-order valence-corrected chi connectivity index (χ1v) is 19.2. The van der Waals surface area contributed by atoms with Gasteiger partial charge in [0.25, 0.3) is 0 Å². The molecule has 1 aliphatic carbocycles. The summed E-state index contributed by atoms with van der Waals surface area (Å²) in [7, 11) is 0. The van der Waals surface area contributed by atoms with E-state index in [2.05, 4.69) is 198 Å². The molecule has 0 spiro atoms. The molecule has 0 fully saturated rings. The first-order valence-electron chi connectivity index (χ1n) is 19.2. The molecule has 1 aliphatic heterocycles. The van der Waals surface area contributed by atoms with E-state index in [-0.39, 0.29) is 11.6 Å². The van der Waals surface area contributed by atoms with Crippen molar-refractivity contribution < 1.29 is 0 Å². The fourth-order valence-electron chi connectivity index (χ4n) is 9.76. The summed E-state index contributed by atoms with van der Waals surface area (Å²) < 4.78 is 4.91. The van der Waals surface area contributed by atoms with Gasteiger partial charge in [-0.05, 0) is 87.8 Å². The fraction of sp³-hybridized carbons (Fsp3) is 0.0784. The number of aromatic nitrogens is 2. The number of aliphatic imine (C=N–C) groups is 1. The van der Waals surface area contributed by atoms with Crippen LogP contribution in [0, 0.1) is 0 Å². The van der Waals surface area contributed by atoms with E-state index in [9.17, 15) is 0 Å². The molecule has 4 heteroatoms. The normalized spacial score (nSPS) is 16.3. The Labute approximate surface area is 318 Å². The van der Waals surface area contributed by atoms with Gasteiger partial charge >= 0.3 is 0 Å². The molecular weight excluding hydrogens is 669 g/mol. The third-order valence-electron chi connectivity index (χ3n) is 12.3. The summed E-state index contributed by atoms with van der Waals surface area (Å²) in [5, 5.41) is 13.8. The predicted octanol–water partition coefficient (Wildman–Crippen LogP) is 12.4. The standard InChI is InChI=1S/C51H36N4/c1-51(2)42-22-12-10-21-38(42)48-47(51)50(55-45-29-33-16-8-6-14-31(33)26-40(45)41-27-32-15-7-9-17-34(32)30-46(41)55)53-49(52-48)35-24-25-44-39(28-35)37-20-11-13-23-43(37)54(44)36-18-4-3-5-19-36/h3-30,50H,1-2H3,(H,52,53). The number of benzene rings is 8. The zero-order chi connectivity index (χ0) is 36.4. The lowest BCUT2D eigenvalue weighted by Crippen LogP contribution is -2.34. The molecule has 55 heavy (non-hydrogen) atoms. The topological polar surface area (TPSA) is 34.2 Å². The average Bonchev–Trinajstić information content (AvgIpc) is 3.81. The smallest absolute Gasteiger partial charge is 0.152 e. The maximum Gasteiger partial charge on any atom is 0.152 e. The van der Waals surface area contributed by atoms with Gasteiger partial charge in [0.15, 0.2) is 6.17 Å². The van der Waals surface area contributed by atoms with Crippen LogP contribution in [0.1, 0.15) is 36.7 Å². The van der Waals surface area contributed by atoms with Gasteiger partial charge in [-0.2, -0.15) is 0 Å². The minimum absolute atomic E-state index is 0.262. The number of fused-ring (bicyclic) bond motifs is 10. The number of nitrogens with one attached hydrogen (secondary N) is 1. The molecule has 8 aromatic carbocycles. The first-order chi connectivity index (χ1) is 27.0. The maximum absolute atomic E-state index is 5.83. The Bertz CT molecular complexity index is 3230. The van der Waals surface area contributed by atoms with E-state index >= 15 is 0 Å². The molecule has 0 bridgehead atoms. The van der Waals surface area contributed by atoms with E-state index in [4.69, 9.17) is 4.99 Å². The van der Waals surface area contributed by atoms with Gasteiger partial charge in [0.1, 0.15) is 5.84 Å². The van der Waals surface area contributed by atoms with E-state index < -0.39 is 0 Å². The third kappa shape index (κ3) is 4.25. The quantitative estimate of drug-likeness (QED) is 0.195. The number of para-hydroxylation sites is 2. The highest BCUT2D eigenvalue weighted by molar-refractivity contribution is 6.17. The third-order valence-corrected chi connectivity index (χ3v) is 12.3. The van der Waals surface area contributed by atoms with Gasteiger partial charge in [-0.15, -0.1) is 0 Å².